The highest BCUT2D eigenvalue weighted by molar-refractivity contribution is 6.31. The Morgan fingerprint density at radius 2 is 1.83 bits per heavy atom. The first-order valence-electron chi connectivity index (χ1n) is 8.36. The Kier molecular flexibility index (Phi) is 5.45. The normalized spacial score (nSPS) is 11.4. The number of fused-ring (bicyclic) bond motifs is 3. The SMILES string of the molecule is Cn1ccc2c3c(N)nc(N)nc3cc(-c3cccc(Cl)c3)c21.O=C(O)C(F)(F)F. The average Bonchev–Trinajstić information content (AvgIpc) is 3.02. The zero-order valence-electron chi connectivity index (χ0n) is 15.4. The van der Waals surface area contributed by atoms with Crippen LogP contribution in [0.15, 0.2) is 42.6 Å². The number of rotatable bonds is 1. The Morgan fingerprint density at radius 3 is 2.43 bits per heavy atom. The number of hydrogen-bond acceptors (Lipinski definition) is 5. The summed E-state index contributed by atoms with van der Waals surface area (Å²) in [5.74, 6) is -2.20. The van der Waals surface area contributed by atoms with Crippen LogP contribution in [0.1, 0.15) is 0 Å². The van der Waals surface area contributed by atoms with E-state index < -0.39 is 12.1 Å². The van der Waals surface area contributed by atoms with Crippen molar-refractivity contribution in [3.05, 3.63) is 47.6 Å². The number of carboxylic acids is 1. The molecule has 0 saturated carbocycles. The number of anilines is 2. The van der Waals surface area contributed by atoms with Crippen molar-refractivity contribution in [1.29, 1.82) is 0 Å². The second kappa shape index (κ2) is 7.71. The third-order valence-corrected chi connectivity index (χ3v) is 4.47. The van der Waals surface area contributed by atoms with Crippen LogP contribution < -0.4 is 11.5 Å². The summed E-state index contributed by atoms with van der Waals surface area (Å²) < 4.78 is 33.8. The van der Waals surface area contributed by atoms with Gasteiger partial charge in [-0.3, -0.25) is 0 Å². The number of aliphatic carboxylic acids is 1. The van der Waals surface area contributed by atoms with Gasteiger partial charge in [0, 0.05) is 29.2 Å². The minimum atomic E-state index is -5.08. The summed E-state index contributed by atoms with van der Waals surface area (Å²) in [5, 5.41) is 9.63. The minimum absolute atomic E-state index is 0.169. The molecule has 4 rings (SSSR count). The zero-order valence-corrected chi connectivity index (χ0v) is 16.2. The zero-order chi connectivity index (χ0) is 22.2. The highest BCUT2D eigenvalue weighted by atomic mass is 35.5. The number of hydrogen-bond donors (Lipinski definition) is 3. The molecule has 0 unspecified atom stereocenters. The summed E-state index contributed by atoms with van der Waals surface area (Å²) in [4.78, 5) is 17.3. The standard InChI is InChI=1S/C17H14ClN5.C2HF3O2/c1-23-6-5-11-14-13(21-17(20)22-16(14)19)8-12(15(11)23)9-3-2-4-10(18)7-9;3-2(4,5)1(6)7/h2-8H,1H3,(H4,19,20,21,22);(H,6,7). The van der Waals surface area contributed by atoms with Crippen molar-refractivity contribution < 1.29 is 23.1 Å². The monoisotopic (exact) mass is 437 g/mol. The number of carboxylic acid groups (broad SMARTS) is 1. The van der Waals surface area contributed by atoms with E-state index in [-0.39, 0.29) is 5.95 Å². The number of nitrogens with zero attached hydrogens (tertiary/aromatic N) is 3. The van der Waals surface area contributed by atoms with Crippen molar-refractivity contribution in [1.82, 2.24) is 14.5 Å². The van der Waals surface area contributed by atoms with Gasteiger partial charge in [-0.25, -0.2) is 9.78 Å². The van der Waals surface area contributed by atoms with Crippen LogP contribution in [0.25, 0.3) is 32.9 Å². The smallest absolute Gasteiger partial charge is 0.475 e. The molecule has 11 heteroatoms. The number of benzene rings is 2. The molecule has 2 aromatic carbocycles. The highest BCUT2D eigenvalue weighted by Crippen LogP contribution is 2.37. The van der Waals surface area contributed by atoms with Crippen molar-refractivity contribution >= 4 is 51.1 Å². The summed E-state index contributed by atoms with van der Waals surface area (Å²) in [6.07, 6.45) is -3.09. The van der Waals surface area contributed by atoms with Crippen LogP contribution >= 0.6 is 11.6 Å². The maximum atomic E-state index is 10.6. The molecular weight excluding hydrogens is 423 g/mol. The van der Waals surface area contributed by atoms with Gasteiger partial charge >= 0.3 is 12.1 Å². The molecule has 156 valence electrons. The van der Waals surface area contributed by atoms with E-state index in [1.54, 1.807) is 0 Å². The van der Waals surface area contributed by atoms with E-state index in [9.17, 15) is 13.2 Å². The van der Waals surface area contributed by atoms with E-state index in [0.29, 0.717) is 10.8 Å². The fraction of sp³-hybridized carbons (Fsp3) is 0.105. The summed E-state index contributed by atoms with van der Waals surface area (Å²) in [5.41, 5.74) is 15.7. The lowest BCUT2D eigenvalue weighted by Gasteiger charge is -2.11. The lowest BCUT2D eigenvalue weighted by Crippen LogP contribution is -2.21. The number of alkyl halides is 3. The van der Waals surface area contributed by atoms with Gasteiger partial charge in [0.2, 0.25) is 5.95 Å². The topological polar surface area (TPSA) is 120 Å². The van der Waals surface area contributed by atoms with E-state index in [1.807, 2.05) is 49.6 Å². The average molecular weight is 438 g/mol. The molecule has 4 aromatic rings. The largest absolute Gasteiger partial charge is 0.490 e. The first kappa shape index (κ1) is 21.2. The molecule has 0 aliphatic rings. The molecule has 0 saturated heterocycles. The number of aromatic nitrogens is 3. The second-order valence-corrected chi connectivity index (χ2v) is 6.72. The van der Waals surface area contributed by atoms with Gasteiger partial charge in [0.15, 0.2) is 0 Å². The predicted octanol–water partition coefficient (Wildman–Crippen LogP) is 4.24. The second-order valence-electron chi connectivity index (χ2n) is 6.29. The van der Waals surface area contributed by atoms with Crippen molar-refractivity contribution in [2.45, 2.75) is 6.18 Å². The molecule has 0 amide bonds. The van der Waals surface area contributed by atoms with Crippen LogP contribution in [0.5, 0.6) is 0 Å². The molecule has 0 radical (unpaired) electrons. The number of aryl methyl sites for hydroxylation is 1. The molecule has 2 heterocycles. The van der Waals surface area contributed by atoms with Crippen LogP contribution in [0.3, 0.4) is 0 Å². The number of carbonyl (C=O) groups is 1. The minimum Gasteiger partial charge on any atom is -0.475 e. The maximum Gasteiger partial charge on any atom is 0.490 e. The third kappa shape index (κ3) is 4.08. The van der Waals surface area contributed by atoms with Gasteiger partial charge in [-0.1, -0.05) is 23.7 Å². The van der Waals surface area contributed by atoms with Crippen molar-refractivity contribution in [3.8, 4) is 11.1 Å². The van der Waals surface area contributed by atoms with Crippen molar-refractivity contribution in [2.75, 3.05) is 11.5 Å². The molecule has 0 aliphatic heterocycles. The Labute approximate surface area is 172 Å². The lowest BCUT2D eigenvalue weighted by atomic mass is 10.00. The number of nitrogen functional groups attached to an aromatic ring is 2. The van der Waals surface area contributed by atoms with Crippen LogP contribution in [0, 0.1) is 0 Å². The Balaban J connectivity index is 0.000000318. The molecular formula is C19H15ClF3N5O2. The summed E-state index contributed by atoms with van der Waals surface area (Å²) in [6, 6.07) is 11.7. The molecule has 30 heavy (non-hydrogen) atoms. The molecule has 0 fully saturated rings. The molecule has 5 N–H and O–H groups in total. The van der Waals surface area contributed by atoms with Gasteiger partial charge < -0.3 is 21.1 Å². The maximum absolute atomic E-state index is 10.6. The van der Waals surface area contributed by atoms with Gasteiger partial charge in [0.1, 0.15) is 5.82 Å². The summed E-state index contributed by atoms with van der Waals surface area (Å²) in [6.45, 7) is 0. The number of halogens is 4. The summed E-state index contributed by atoms with van der Waals surface area (Å²) >= 11 is 6.16. The van der Waals surface area contributed by atoms with Crippen LogP contribution in [-0.2, 0) is 11.8 Å². The van der Waals surface area contributed by atoms with Crippen LogP contribution in [-0.4, -0.2) is 31.8 Å². The van der Waals surface area contributed by atoms with Crippen LogP contribution in [0.4, 0.5) is 24.9 Å². The van der Waals surface area contributed by atoms with E-state index in [2.05, 4.69) is 14.5 Å². The van der Waals surface area contributed by atoms with E-state index in [1.165, 1.54) is 0 Å². The quantitative estimate of drug-likeness (QED) is 0.409. The van der Waals surface area contributed by atoms with Gasteiger partial charge in [0.25, 0.3) is 0 Å². The van der Waals surface area contributed by atoms with Crippen molar-refractivity contribution in [3.63, 3.8) is 0 Å². The first-order valence-corrected chi connectivity index (χ1v) is 8.73. The molecule has 0 bridgehead atoms. The third-order valence-electron chi connectivity index (χ3n) is 4.24. The van der Waals surface area contributed by atoms with Gasteiger partial charge in [-0.2, -0.15) is 18.2 Å². The van der Waals surface area contributed by atoms with E-state index in [4.69, 9.17) is 33.0 Å². The Morgan fingerprint density at radius 1 is 1.17 bits per heavy atom. The van der Waals surface area contributed by atoms with Crippen LogP contribution in [0.2, 0.25) is 5.02 Å². The molecule has 0 aliphatic carbocycles. The molecule has 2 aromatic heterocycles. The lowest BCUT2D eigenvalue weighted by molar-refractivity contribution is -0.192. The molecule has 0 spiro atoms. The first-order chi connectivity index (χ1) is 14.0. The highest BCUT2D eigenvalue weighted by Gasteiger charge is 2.38. The van der Waals surface area contributed by atoms with E-state index >= 15 is 0 Å². The predicted molar refractivity (Wildman–Crippen MR) is 109 cm³/mol. The Hall–Kier alpha value is -3.53. The number of nitrogens with two attached hydrogens (primary N) is 2. The fourth-order valence-electron chi connectivity index (χ4n) is 3.04. The van der Waals surface area contributed by atoms with Crippen molar-refractivity contribution in [2.24, 2.45) is 7.05 Å². The summed E-state index contributed by atoms with van der Waals surface area (Å²) in [7, 11) is 2.00. The molecule has 0 atom stereocenters. The fourth-order valence-corrected chi connectivity index (χ4v) is 3.23. The molecule has 7 nitrogen and oxygen atoms in total. The van der Waals surface area contributed by atoms with Gasteiger partial charge in [0.05, 0.1) is 16.4 Å². The Bertz CT molecular complexity index is 1270. The van der Waals surface area contributed by atoms with E-state index in [0.717, 1.165) is 32.9 Å². The van der Waals surface area contributed by atoms with Gasteiger partial charge in [-0.15, -0.1) is 0 Å². The van der Waals surface area contributed by atoms with Gasteiger partial charge in [-0.05, 0) is 29.8 Å².